The molecule has 0 amide bonds. The standard InChI is InChI=1S/C15H18N2O/c1-3-13(12-6-4-5-7-15(12)18)17-14-10-16-9-8-11(14)2/h4-10,13,17-18H,3H2,1-2H3. The first-order chi connectivity index (χ1) is 8.72. The van der Waals surface area contributed by atoms with Crippen LogP contribution in [0.25, 0.3) is 0 Å². The molecule has 0 saturated carbocycles. The molecule has 0 spiro atoms. The Hall–Kier alpha value is -2.03. The Morgan fingerprint density at radius 3 is 2.72 bits per heavy atom. The van der Waals surface area contributed by atoms with Crippen LogP contribution in [0.15, 0.2) is 42.7 Å². The van der Waals surface area contributed by atoms with E-state index in [9.17, 15) is 5.11 Å². The molecule has 1 unspecified atom stereocenters. The molecule has 0 aliphatic rings. The number of benzene rings is 1. The zero-order valence-corrected chi connectivity index (χ0v) is 10.7. The van der Waals surface area contributed by atoms with Gasteiger partial charge in [-0.15, -0.1) is 0 Å². The maximum absolute atomic E-state index is 9.90. The van der Waals surface area contributed by atoms with Crippen LogP contribution in [0.4, 0.5) is 5.69 Å². The molecule has 0 fully saturated rings. The van der Waals surface area contributed by atoms with Gasteiger partial charge in [0.2, 0.25) is 0 Å². The van der Waals surface area contributed by atoms with Crippen LogP contribution in [0, 0.1) is 6.92 Å². The second-order valence-electron chi connectivity index (χ2n) is 4.35. The van der Waals surface area contributed by atoms with Gasteiger partial charge in [-0.2, -0.15) is 0 Å². The largest absolute Gasteiger partial charge is 0.508 e. The van der Waals surface area contributed by atoms with E-state index in [1.807, 2.05) is 37.4 Å². The summed E-state index contributed by atoms with van der Waals surface area (Å²) >= 11 is 0. The van der Waals surface area contributed by atoms with Crippen molar-refractivity contribution in [3.8, 4) is 5.75 Å². The van der Waals surface area contributed by atoms with E-state index in [0.717, 1.165) is 23.2 Å². The molecular formula is C15H18N2O. The first-order valence-corrected chi connectivity index (χ1v) is 6.17. The SMILES string of the molecule is CCC(Nc1cnccc1C)c1ccccc1O. The van der Waals surface area contributed by atoms with Crippen molar-refractivity contribution in [2.45, 2.75) is 26.3 Å². The minimum Gasteiger partial charge on any atom is -0.508 e. The third kappa shape index (κ3) is 2.62. The molecule has 0 radical (unpaired) electrons. The lowest BCUT2D eigenvalue weighted by atomic mass is 10.0. The molecule has 3 nitrogen and oxygen atoms in total. The number of para-hydroxylation sites is 1. The molecule has 1 aromatic carbocycles. The van der Waals surface area contributed by atoms with Crippen molar-refractivity contribution in [1.29, 1.82) is 0 Å². The van der Waals surface area contributed by atoms with Crippen molar-refractivity contribution < 1.29 is 5.11 Å². The van der Waals surface area contributed by atoms with Gasteiger partial charge in [-0.3, -0.25) is 4.98 Å². The van der Waals surface area contributed by atoms with Crippen molar-refractivity contribution in [2.75, 3.05) is 5.32 Å². The molecule has 2 N–H and O–H groups in total. The molecule has 0 saturated heterocycles. The van der Waals surface area contributed by atoms with Crippen molar-refractivity contribution >= 4 is 5.69 Å². The highest BCUT2D eigenvalue weighted by Crippen LogP contribution is 2.29. The van der Waals surface area contributed by atoms with Crippen LogP contribution in [-0.2, 0) is 0 Å². The van der Waals surface area contributed by atoms with Gasteiger partial charge in [-0.05, 0) is 31.0 Å². The van der Waals surface area contributed by atoms with Crippen LogP contribution < -0.4 is 5.32 Å². The smallest absolute Gasteiger partial charge is 0.120 e. The lowest BCUT2D eigenvalue weighted by Gasteiger charge is -2.20. The van der Waals surface area contributed by atoms with Crippen LogP contribution >= 0.6 is 0 Å². The van der Waals surface area contributed by atoms with Crippen LogP contribution in [-0.4, -0.2) is 10.1 Å². The van der Waals surface area contributed by atoms with Gasteiger partial charge in [-0.1, -0.05) is 25.1 Å². The number of hydrogen-bond acceptors (Lipinski definition) is 3. The quantitative estimate of drug-likeness (QED) is 0.860. The molecule has 18 heavy (non-hydrogen) atoms. The zero-order valence-electron chi connectivity index (χ0n) is 10.7. The van der Waals surface area contributed by atoms with Gasteiger partial charge in [0, 0.05) is 11.8 Å². The topological polar surface area (TPSA) is 45.2 Å². The van der Waals surface area contributed by atoms with Crippen molar-refractivity contribution in [1.82, 2.24) is 4.98 Å². The number of phenolic OH excluding ortho intramolecular Hbond substituents is 1. The summed E-state index contributed by atoms with van der Waals surface area (Å²) in [5.74, 6) is 0.332. The molecule has 0 aliphatic heterocycles. The number of pyridine rings is 1. The number of anilines is 1. The normalized spacial score (nSPS) is 12.1. The summed E-state index contributed by atoms with van der Waals surface area (Å²) in [5.41, 5.74) is 3.08. The number of phenols is 1. The number of nitrogens with zero attached hydrogens (tertiary/aromatic N) is 1. The van der Waals surface area contributed by atoms with E-state index in [4.69, 9.17) is 0 Å². The van der Waals surface area contributed by atoms with Crippen LogP contribution in [0.2, 0.25) is 0 Å². The fraction of sp³-hybridized carbons (Fsp3) is 0.267. The van der Waals surface area contributed by atoms with E-state index in [1.54, 1.807) is 12.3 Å². The van der Waals surface area contributed by atoms with Gasteiger partial charge in [0.05, 0.1) is 17.9 Å². The Morgan fingerprint density at radius 2 is 2.06 bits per heavy atom. The number of aromatic hydroxyl groups is 1. The fourth-order valence-electron chi connectivity index (χ4n) is 1.98. The Labute approximate surface area is 108 Å². The minimum atomic E-state index is 0.0918. The van der Waals surface area contributed by atoms with Gasteiger partial charge in [0.1, 0.15) is 5.75 Å². The summed E-state index contributed by atoms with van der Waals surface area (Å²) < 4.78 is 0. The predicted octanol–water partition coefficient (Wildman–Crippen LogP) is 3.66. The average Bonchev–Trinajstić information content (AvgIpc) is 2.39. The van der Waals surface area contributed by atoms with Crippen molar-refractivity contribution in [3.63, 3.8) is 0 Å². The molecule has 0 aliphatic carbocycles. The number of hydrogen-bond donors (Lipinski definition) is 2. The van der Waals surface area contributed by atoms with E-state index >= 15 is 0 Å². The zero-order chi connectivity index (χ0) is 13.0. The summed E-state index contributed by atoms with van der Waals surface area (Å²) in [5, 5.41) is 13.3. The van der Waals surface area contributed by atoms with Crippen molar-refractivity contribution in [2.24, 2.45) is 0 Å². The summed E-state index contributed by atoms with van der Waals surface area (Å²) in [6.07, 6.45) is 4.49. The predicted molar refractivity (Wildman–Crippen MR) is 73.7 cm³/mol. The summed E-state index contributed by atoms with van der Waals surface area (Å²) in [6, 6.07) is 9.50. The van der Waals surface area contributed by atoms with E-state index in [-0.39, 0.29) is 6.04 Å². The summed E-state index contributed by atoms with van der Waals surface area (Å²) in [6.45, 7) is 4.14. The lowest BCUT2D eigenvalue weighted by Crippen LogP contribution is -2.10. The van der Waals surface area contributed by atoms with Gasteiger partial charge >= 0.3 is 0 Å². The fourth-order valence-corrected chi connectivity index (χ4v) is 1.98. The highest BCUT2D eigenvalue weighted by Gasteiger charge is 2.13. The molecule has 0 bridgehead atoms. The number of aryl methyl sites for hydroxylation is 1. The first kappa shape index (κ1) is 12.4. The van der Waals surface area contributed by atoms with Crippen molar-refractivity contribution in [3.05, 3.63) is 53.9 Å². The van der Waals surface area contributed by atoms with Crippen LogP contribution in [0.3, 0.4) is 0 Å². The van der Waals surface area contributed by atoms with E-state index < -0.39 is 0 Å². The van der Waals surface area contributed by atoms with E-state index in [1.165, 1.54) is 0 Å². The molecule has 1 atom stereocenters. The maximum Gasteiger partial charge on any atom is 0.120 e. The molecule has 94 valence electrons. The van der Waals surface area contributed by atoms with E-state index in [0.29, 0.717) is 5.75 Å². The van der Waals surface area contributed by atoms with Crippen LogP contribution in [0.5, 0.6) is 5.75 Å². The second-order valence-corrected chi connectivity index (χ2v) is 4.35. The van der Waals surface area contributed by atoms with Crippen LogP contribution in [0.1, 0.15) is 30.5 Å². The Balaban J connectivity index is 2.26. The average molecular weight is 242 g/mol. The molecule has 1 aromatic heterocycles. The molecule has 1 heterocycles. The molecule has 2 aromatic rings. The summed E-state index contributed by atoms with van der Waals surface area (Å²) in [7, 11) is 0. The molecule has 3 heteroatoms. The highest BCUT2D eigenvalue weighted by molar-refractivity contribution is 5.51. The number of aromatic nitrogens is 1. The Bertz CT molecular complexity index is 525. The maximum atomic E-state index is 9.90. The van der Waals surface area contributed by atoms with Gasteiger partial charge in [-0.25, -0.2) is 0 Å². The monoisotopic (exact) mass is 242 g/mol. The number of nitrogens with one attached hydrogen (secondary N) is 1. The van der Waals surface area contributed by atoms with Gasteiger partial charge in [0.25, 0.3) is 0 Å². The third-order valence-corrected chi connectivity index (χ3v) is 3.09. The molecule has 2 rings (SSSR count). The highest BCUT2D eigenvalue weighted by atomic mass is 16.3. The second kappa shape index (κ2) is 5.54. The van der Waals surface area contributed by atoms with Gasteiger partial charge in [0.15, 0.2) is 0 Å². The Morgan fingerprint density at radius 1 is 1.28 bits per heavy atom. The Kier molecular flexibility index (Phi) is 3.82. The molecular weight excluding hydrogens is 224 g/mol. The lowest BCUT2D eigenvalue weighted by molar-refractivity contribution is 0.462. The summed E-state index contributed by atoms with van der Waals surface area (Å²) in [4.78, 5) is 4.12. The van der Waals surface area contributed by atoms with Gasteiger partial charge < -0.3 is 10.4 Å². The third-order valence-electron chi connectivity index (χ3n) is 3.09. The van der Waals surface area contributed by atoms with E-state index in [2.05, 4.69) is 17.2 Å². The first-order valence-electron chi connectivity index (χ1n) is 6.17. The minimum absolute atomic E-state index is 0.0918. The number of rotatable bonds is 4.